The average Bonchev–Trinajstić information content (AvgIpc) is 3.36. The molecule has 0 radical (unpaired) electrons. The van der Waals surface area contributed by atoms with Crippen molar-refractivity contribution in [1.82, 2.24) is 9.80 Å². The third kappa shape index (κ3) is 7.90. The number of ketones is 1. The zero-order valence-electron chi connectivity index (χ0n) is 40.7. The Morgan fingerprint density at radius 2 is 1.67 bits per heavy atom. The predicted molar refractivity (Wildman–Crippen MR) is 259 cm³/mol. The average molecular weight is 932 g/mol. The normalized spacial score (nSPS) is 29.5. The minimum Gasteiger partial charge on any atom is -0.482 e. The number of thioether (sulfide) groups is 1. The number of methoxy groups -OCH3 is 1. The molecular weight excluding hydrogens is 867 g/mol. The first-order valence-corrected chi connectivity index (χ1v) is 24.8. The molecule has 3 saturated carbocycles. The van der Waals surface area contributed by atoms with Crippen molar-refractivity contribution in [3.63, 3.8) is 0 Å². The summed E-state index contributed by atoms with van der Waals surface area (Å²) >= 11 is 1.65. The highest BCUT2D eigenvalue weighted by atomic mass is 32.2. The molecule has 12 nitrogen and oxygen atoms in total. The van der Waals surface area contributed by atoms with Gasteiger partial charge >= 0.3 is 11.9 Å². The molecule has 5 fully saturated rings. The molecule has 2 aromatic carbocycles. The lowest BCUT2D eigenvalue weighted by molar-refractivity contribution is -0.196. The fraction of sp³-hybridized carbons (Fsp3) is 0.537. The summed E-state index contributed by atoms with van der Waals surface area (Å²) < 4.78 is 34.2. The summed E-state index contributed by atoms with van der Waals surface area (Å²) in [6.45, 7) is 18.9. The second-order valence-corrected chi connectivity index (χ2v) is 22.0. The molecule has 0 aromatic heterocycles. The molecule has 4 bridgehead atoms. The molecule has 0 N–H and O–H groups in total. The van der Waals surface area contributed by atoms with Gasteiger partial charge in [0, 0.05) is 72.1 Å². The van der Waals surface area contributed by atoms with Gasteiger partial charge in [-0.25, -0.2) is 4.79 Å². The van der Waals surface area contributed by atoms with Crippen LogP contribution < -0.4 is 14.2 Å². The van der Waals surface area contributed by atoms with E-state index in [0.717, 1.165) is 41.2 Å². The van der Waals surface area contributed by atoms with Gasteiger partial charge in [-0.3, -0.25) is 19.4 Å². The lowest BCUT2D eigenvalue weighted by atomic mass is 9.46. The number of likely N-dealkylation sites (N-methyl/N-ethyl adjacent to an activating group) is 1. The zero-order chi connectivity index (χ0) is 47.8. The molecule has 5 aliphatic heterocycles. The van der Waals surface area contributed by atoms with Crippen LogP contribution in [0.25, 0.3) is 6.08 Å². The zero-order valence-corrected chi connectivity index (χ0v) is 41.5. The van der Waals surface area contributed by atoms with Gasteiger partial charge in [-0.1, -0.05) is 41.5 Å². The van der Waals surface area contributed by atoms with E-state index in [2.05, 4.69) is 57.7 Å². The Bertz CT molecular complexity index is 2580. The quantitative estimate of drug-likeness (QED) is 0.0874. The van der Waals surface area contributed by atoms with Crippen LogP contribution in [0.1, 0.15) is 111 Å². The standard InChI is InChI=1S/C54H65N3O9S/c1-31(2)14-13-23-52(8)24-22-35-45(64-52)34(18-17-32(3)4)47-42(46(35)63-41(59)20-19-40(58)57-28-26-56(9)27-29-57)44-43-48(67-38-16-12-11-15-37(38)55-44)36-30-39-51(6,7)66-53(49(36)60,54(39,43)65-47)25-21-33(5)50(61)62-10/h11-12,14-17,21-22,24,36,39,43,48H,13,18-20,23,25-30H2,1-10H3. The maximum Gasteiger partial charge on any atom is 0.333 e. The summed E-state index contributed by atoms with van der Waals surface area (Å²) in [7, 11) is 3.38. The Morgan fingerprint density at radius 3 is 2.39 bits per heavy atom. The van der Waals surface area contributed by atoms with E-state index < -0.39 is 46.2 Å². The summed E-state index contributed by atoms with van der Waals surface area (Å²) in [5, 5.41) is -0.317. The van der Waals surface area contributed by atoms with Crippen LogP contribution in [0.15, 0.2) is 75.2 Å². The summed E-state index contributed by atoms with van der Waals surface area (Å²) in [5.74, 6) is -1.21. The lowest BCUT2D eigenvalue weighted by Gasteiger charge is -2.63. The minimum absolute atomic E-state index is 0.00848. The van der Waals surface area contributed by atoms with Crippen molar-refractivity contribution in [3.05, 3.63) is 82.0 Å². The van der Waals surface area contributed by atoms with Crippen LogP contribution in [-0.2, 0) is 35.1 Å². The van der Waals surface area contributed by atoms with Gasteiger partial charge in [0.2, 0.25) is 5.91 Å². The molecular formula is C54H65N3O9S. The van der Waals surface area contributed by atoms with E-state index in [1.165, 1.54) is 12.7 Å². The number of esters is 2. The Hall–Kier alpha value is -4.98. The number of hydrogen-bond donors (Lipinski definition) is 0. The third-order valence-corrected chi connectivity index (χ3v) is 16.7. The van der Waals surface area contributed by atoms with Crippen molar-refractivity contribution in [1.29, 1.82) is 0 Å². The van der Waals surface area contributed by atoms with E-state index in [-0.39, 0.29) is 47.9 Å². The van der Waals surface area contributed by atoms with E-state index in [1.807, 2.05) is 56.1 Å². The second-order valence-electron chi connectivity index (χ2n) is 20.8. The Balaban J connectivity index is 1.29. The number of ether oxygens (including phenoxy) is 5. The highest BCUT2D eigenvalue weighted by Crippen LogP contribution is 2.73. The highest BCUT2D eigenvalue weighted by Gasteiger charge is 2.85. The summed E-state index contributed by atoms with van der Waals surface area (Å²) in [6.07, 6.45) is 12.5. The highest BCUT2D eigenvalue weighted by molar-refractivity contribution is 8.00. The third-order valence-electron chi connectivity index (χ3n) is 15.2. The van der Waals surface area contributed by atoms with Crippen LogP contribution in [-0.4, -0.2) is 107 Å². The maximum absolute atomic E-state index is 15.7. The number of nitrogens with zero attached hydrogens (tertiary/aromatic N) is 3. The molecule has 1 spiro atoms. The van der Waals surface area contributed by atoms with Crippen molar-refractivity contribution in [2.75, 3.05) is 40.3 Å². The number of Topliss-reactive ketones (excluding diaryl/α,β-unsaturated/α-hetero) is 1. The molecule has 7 atom stereocenters. The number of hydrogen-bond acceptors (Lipinski definition) is 12. The number of amides is 1. The fourth-order valence-corrected chi connectivity index (χ4v) is 13.3. The molecule has 3 aliphatic carbocycles. The van der Waals surface area contributed by atoms with Gasteiger partial charge in [-0.2, -0.15) is 0 Å². The van der Waals surface area contributed by atoms with Gasteiger partial charge in [-0.05, 0) is 112 Å². The molecule has 8 aliphatic rings. The molecule has 13 heteroatoms. The van der Waals surface area contributed by atoms with Crippen LogP contribution in [0.3, 0.4) is 0 Å². The number of para-hydroxylation sites is 1. The topological polar surface area (TPSA) is 133 Å². The molecule has 7 unspecified atom stereocenters. The summed E-state index contributed by atoms with van der Waals surface area (Å²) in [6, 6.07) is 7.99. The summed E-state index contributed by atoms with van der Waals surface area (Å²) in [5.41, 5.74) is 1.54. The lowest BCUT2D eigenvalue weighted by Crippen LogP contribution is -2.79. The number of piperazine rings is 1. The van der Waals surface area contributed by atoms with Gasteiger partial charge in [0.1, 0.15) is 17.1 Å². The minimum atomic E-state index is -1.53. The monoisotopic (exact) mass is 931 g/mol. The van der Waals surface area contributed by atoms with Crippen molar-refractivity contribution < 1.29 is 42.9 Å². The van der Waals surface area contributed by atoms with Crippen LogP contribution >= 0.6 is 11.8 Å². The van der Waals surface area contributed by atoms with Crippen LogP contribution in [0.4, 0.5) is 5.69 Å². The van der Waals surface area contributed by atoms with Gasteiger partial charge in [-0.15, -0.1) is 11.8 Å². The predicted octanol–water partition coefficient (Wildman–Crippen LogP) is 9.18. The number of rotatable bonds is 12. The number of allylic oxidation sites excluding steroid dienone is 4. The SMILES string of the molecule is COC(=O)C(C)=CCC12OC(C)(C)C3CC(C1=O)C1Sc4ccccc4N=C4c5c(OC(=O)CCC(=O)N6CCN(C)CC6)c6c(c(CC=C(C)C)c5OC32C41)OC(C)(CCC=C(C)C)C=C6. The van der Waals surface area contributed by atoms with E-state index in [9.17, 15) is 14.4 Å². The first-order valence-electron chi connectivity index (χ1n) is 23.9. The molecule has 2 aromatic rings. The molecule has 2 saturated heterocycles. The Labute approximate surface area is 399 Å². The van der Waals surface area contributed by atoms with Gasteiger partial charge < -0.3 is 33.5 Å². The molecule has 356 valence electrons. The maximum atomic E-state index is 15.7. The van der Waals surface area contributed by atoms with Crippen LogP contribution in [0.5, 0.6) is 17.2 Å². The first-order chi connectivity index (χ1) is 31.8. The Morgan fingerprint density at radius 1 is 0.940 bits per heavy atom. The van der Waals surface area contributed by atoms with Crippen molar-refractivity contribution in [2.24, 2.45) is 22.7 Å². The van der Waals surface area contributed by atoms with Gasteiger partial charge in [0.25, 0.3) is 0 Å². The number of carbonyl (C=O) groups excluding carboxylic acids is 4. The number of benzene rings is 2. The van der Waals surface area contributed by atoms with Crippen molar-refractivity contribution in [3.8, 4) is 17.2 Å². The van der Waals surface area contributed by atoms with Gasteiger partial charge in [0.15, 0.2) is 22.7 Å². The molecule has 10 rings (SSSR count). The second kappa shape index (κ2) is 17.5. The number of fused-ring (bicyclic) bond motifs is 4. The van der Waals surface area contributed by atoms with E-state index in [4.69, 9.17) is 28.7 Å². The van der Waals surface area contributed by atoms with E-state index in [1.54, 1.807) is 24.8 Å². The number of aliphatic imine (C=N–C) groups is 1. The van der Waals surface area contributed by atoms with Crippen molar-refractivity contribution >= 4 is 52.9 Å². The van der Waals surface area contributed by atoms with Crippen molar-refractivity contribution in [2.45, 2.75) is 133 Å². The van der Waals surface area contributed by atoms with E-state index in [0.29, 0.717) is 66.3 Å². The fourth-order valence-electron chi connectivity index (χ4n) is 11.8. The summed E-state index contributed by atoms with van der Waals surface area (Å²) in [4.78, 5) is 67.1. The smallest absolute Gasteiger partial charge is 0.333 e. The van der Waals surface area contributed by atoms with Gasteiger partial charge in [0.05, 0.1) is 47.6 Å². The molecule has 67 heavy (non-hydrogen) atoms. The first kappa shape index (κ1) is 47.1. The molecule has 5 heterocycles. The number of carbonyl (C=O) groups is 4. The van der Waals surface area contributed by atoms with Crippen LogP contribution in [0, 0.1) is 17.8 Å². The Kier molecular flexibility index (Phi) is 12.3. The van der Waals surface area contributed by atoms with Crippen LogP contribution in [0.2, 0.25) is 0 Å². The molecule has 1 amide bonds. The van der Waals surface area contributed by atoms with E-state index >= 15 is 4.79 Å². The largest absolute Gasteiger partial charge is 0.482 e.